The lowest BCUT2D eigenvalue weighted by molar-refractivity contribution is 0.830. The zero-order valence-electron chi connectivity index (χ0n) is 7.74. The number of hydrogen-bond donors (Lipinski definition) is 1. The van der Waals surface area contributed by atoms with Gasteiger partial charge in [-0.25, -0.2) is 0 Å². The van der Waals surface area contributed by atoms with Crippen molar-refractivity contribution in [2.75, 3.05) is 5.73 Å². The Hall–Kier alpha value is -1.09. The van der Waals surface area contributed by atoms with Gasteiger partial charge in [0, 0.05) is 11.6 Å². The molecule has 0 amide bonds. The highest BCUT2D eigenvalue weighted by atomic mass is 32.1. The molecular formula is C10H12N2S. The minimum Gasteiger partial charge on any atom is -0.397 e. The second-order valence-corrected chi connectivity index (χ2v) is 4.36. The summed E-state index contributed by atoms with van der Waals surface area (Å²) >= 11 is 1.68. The van der Waals surface area contributed by atoms with Crippen LogP contribution in [0.25, 0.3) is 10.1 Å². The Morgan fingerprint density at radius 1 is 1.46 bits per heavy atom. The number of aromatic nitrogens is 1. The average Bonchev–Trinajstić information content (AvgIpc) is 2.52. The minimum atomic E-state index is 0.393. The van der Waals surface area contributed by atoms with E-state index in [0.717, 1.165) is 16.8 Å². The average molecular weight is 192 g/mol. The highest BCUT2D eigenvalue weighted by Gasteiger charge is 2.09. The van der Waals surface area contributed by atoms with Crippen molar-refractivity contribution >= 4 is 27.1 Å². The zero-order valence-corrected chi connectivity index (χ0v) is 8.56. The second kappa shape index (κ2) is 3.00. The first-order valence-electron chi connectivity index (χ1n) is 4.31. The van der Waals surface area contributed by atoms with Gasteiger partial charge in [-0.1, -0.05) is 13.8 Å². The molecule has 0 saturated carbocycles. The molecule has 0 atom stereocenters. The Kier molecular flexibility index (Phi) is 1.96. The summed E-state index contributed by atoms with van der Waals surface area (Å²) in [7, 11) is 0. The Balaban J connectivity index is 2.73. The molecule has 0 aliphatic heterocycles. The lowest BCUT2D eigenvalue weighted by Crippen LogP contribution is -1.99. The van der Waals surface area contributed by atoms with Gasteiger partial charge in [-0.05, 0) is 17.4 Å². The topological polar surface area (TPSA) is 38.9 Å². The molecule has 2 nitrogen and oxygen atoms in total. The van der Waals surface area contributed by atoms with Crippen molar-refractivity contribution in [2.45, 2.75) is 19.8 Å². The molecule has 0 aromatic carbocycles. The van der Waals surface area contributed by atoms with E-state index in [9.17, 15) is 0 Å². The normalized spacial score (nSPS) is 11.3. The maximum absolute atomic E-state index is 6.01. The molecular weight excluding hydrogens is 180 g/mol. The number of nitrogens with zero attached hydrogens (tertiary/aromatic N) is 1. The van der Waals surface area contributed by atoms with E-state index in [4.69, 9.17) is 5.73 Å². The van der Waals surface area contributed by atoms with Gasteiger partial charge in [0.25, 0.3) is 0 Å². The predicted octanol–water partition coefficient (Wildman–Crippen LogP) is 3.00. The van der Waals surface area contributed by atoms with Crippen molar-refractivity contribution in [3.63, 3.8) is 0 Å². The van der Waals surface area contributed by atoms with Gasteiger partial charge in [0.15, 0.2) is 0 Å². The Bertz CT molecular complexity index is 431. The van der Waals surface area contributed by atoms with Gasteiger partial charge < -0.3 is 5.73 Å². The molecule has 0 fully saturated rings. The molecule has 2 N–H and O–H groups in total. The van der Waals surface area contributed by atoms with Crippen LogP contribution in [0, 0.1) is 0 Å². The number of anilines is 1. The van der Waals surface area contributed by atoms with Gasteiger partial charge in [-0.3, -0.25) is 4.98 Å². The fourth-order valence-corrected chi connectivity index (χ4v) is 2.21. The first kappa shape index (κ1) is 8.51. The van der Waals surface area contributed by atoms with E-state index >= 15 is 0 Å². The van der Waals surface area contributed by atoms with Crippen molar-refractivity contribution in [2.24, 2.45) is 0 Å². The van der Waals surface area contributed by atoms with E-state index < -0.39 is 0 Å². The molecule has 0 saturated heterocycles. The van der Waals surface area contributed by atoms with Crippen molar-refractivity contribution in [1.29, 1.82) is 0 Å². The molecule has 2 aromatic rings. The van der Waals surface area contributed by atoms with E-state index in [-0.39, 0.29) is 0 Å². The zero-order chi connectivity index (χ0) is 9.42. The van der Waals surface area contributed by atoms with E-state index in [0.29, 0.717) is 5.92 Å². The van der Waals surface area contributed by atoms with Crippen molar-refractivity contribution in [1.82, 2.24) is 4.98 Å². The van der Waals surface area contributed by atoms with Gasteiger partial charge in [0.05, 0.1) is 16.1 Å². The predicted molar refractivity (Wildman–Crippen MR) is 58.1 cm³/mol. The third-order valence-corrected chi connectivity index (χ3v) is 2.98. The monoisotopic (exact) mass is 192 g/mol. The number of fused-ring (bicyclic) bond motifs is 1. The van der Waals surface area contributed by atoms with Gasteiger partial charge in [-0.15, -0.1) is 11.3 Å². The van der Waals surface area contributed by atoms with E-state index in [1.807, 2.05) is 11.6 Å². The summed E-state index contributed by atoms with van der Waals surface area (Å²) in [5.74, 6) is 0.393. The van der Waals surface area contributed by atoms with Crippen LogP contribution >= 0.6 is 11.3 Å². The van der Waals surface area contributed by atoms with Crippen LogP contribution in [0.1, 0.15) is 25.5 Å². The molecule has 0 bridgehead atoms. The highest BCUT2D eigenvalue weighted by molar-refractivity contribution is 7.17. The van der Waals surface area contributed by atoms with Gasteiger partial charge in [0.2, 0.25) is 0 Å². The minimum absolute atomic E-state index is 0.393. The fourth-order valence-electron chi connectivity index (χ4n) is 1.44. The summed E-state index contributed by atoms with van der Waals surface area (Å²) in [5, 5.41) is 3.19. The number of thiophene rings is 1. The molecule has 13 heavy (non-hydrogen) atoms. The smallest absolute Gasteiger partial charge is 0.0665 e. The van der Waals surface area contributed by atoms with Crippen LogP contribution in [0.15, 0.2) is 17.6 Å². The number of rotatable bonds is 1. The van der Waals surface area contributed by atoms with Crippen LogP contribution in [0.2, 0.25) is 0 Å². The second-order valence-electron chi connectivity index (χ2n) is 3.41. The van der Waals surface area contributed by atoms with Gasteiger partial charge in [0.1, 0.15) is 0 Å². The van der Waals surface area contributed by atoms with Crippen molar-refractivity contribution in [3.05, 3.63) is 23.3 Å². The summed E-state index contributed by atoms with van der Waals surface area (Å²) in [4.78, 5) is 4.36. The van der Waals surface area contributed by atoms with E-state index in [2.05, 4.69) is 24.9 Å². The van der Waals surface area contributed by atoms with Crippen LogP contribution in [-0.4, -0.2) is 4.98 Å². The molecule has 68 valence electrons. The summed E-state index contributed by atoms with van der Waals surface area (Å²) < 4.78 is 1.17. The Morgan fingerprint density at radius 3 is 2.92 bits per heavy atom. The van der Waals surface area contributed by atoms with Crippen LogP contribution in [0.4, 0.5) is 5.69 Å². The van der Waals surface area contributed by atoms with Crippen LogP contribution in [0.3, 0.4) is 0 Å². The number of pyridine rings is 1. The van der Waals surface area contributed by atoms with Crippen LogP contribution in [-0.2, 0) is 0 Å². The number of nitrogens with two attached hydrogens (primary N) is 1. The molecule has 0 unspecified atom stereocenters. The molecule has 3 heteroatoms. The third-order valence-electron chi connectivity index (χ3n) is 2.13. The maximum atomic E-state index is 6.01. The number of nitrogen functional groups attached to an aromatic ring is 1. The maximum Gasteiger partial charge on any atom is 0.0665 e. The van der Waals surface area contributed by atoms with Gasteiger partial charge >= 0.3 is 0 Å². The Labute approximate surface area is 81.4 Å². The molecule has 0 aliphatic rings. The van der Waals surface area contributed by atoms with Crippen molar-refractivity contribution in [3.8, 4) is 0 Å². The van der Waals surface area contributed by atoms with Gasteiger partial charge in [-0.2, -0.15) is 0 Å². The van der Waals surface area contributed by atoms with E-state index in [1.54, 1.807) is 11.3 Å². The summed E-state index contributed by atoms with van der Waals surface area (Å²) in [6.07, 6.45) is 1.91. The molecule has 0 aliphatic carbocycles. The lowest BCUT2D eigenvalue weighted by Gasteiger charge is -2.08. The molecule has 2 aromatic heterocycles. The quantitative estimate of drug-likeness (QED) is 0.754. The molecule has 2 heterocycles. The largest absolute Gasteiger partial charge is 0.397 e. The van der Waals surface area contributed by atoms with Crippen LogP contribution < -0.4 is 5.73 Å². The Morgan fingerprint density at radius 2 is 2.23 bits per heavy atom. The SMILES string of the molecule is CC(C)c1ncc2sccc2c1N. The van der Waals surface area contributed by atoms with Crippen LogP contribution in [0.5, 0.6) is 0 Å². The first-order valence-corrected chi connectivity index (χ1v) is 5.19. The standard InChI is InChI=1S/C10H12N2S/c1-6(2)10-9(11)7-3-4-13-8(7)5-12-10/h3-6H,11H2,1-2H3. The molecule has 0 radical (unpaired) electrons. The first-order chi connectivity index (χ1) is 6.20. The summed E-state index contributed by atoms with van der Waals surface area (Å²) in [6, 6.07) is 2.06. The molecule has 2 rings (SSSR count). The van der Waals surface area contributed by atoms with E-state index in [1.165, 1.54) is 4.70 Å². The molecule has 0 spiro atoms. The van der Waals surface area contributed by atoms with Crippen molar-refractivity contribution < 1.29 is 0 Å². The summed E-state index contributed by atoms with van der Waals surface area (Å²) in [5.41, 5.74) is 7.86. The highest BCUT2D eigenvalue weighted by Crippen LogP contribution is 2.30. The number of hydrogen-bond acceptors (Lipinski definition) is 3. The fraction of sp³-hybridized carbons (Fsp3) is 0.300. The summed E-state index contributed by atoms with van der Waals surface area (Å²) in [6.45, 7) is 4.22. The lowest BCUT2D eigenvalue weighted by atomic mass is 10.1. The third kappa shape index (κ3) is 1.29.